The van der Waals surface area contributed by atoms with Crippen molar-refractivity contribution in [2.45, 2.75) is 161 Å². The van der Waals surface area contributed by atoms with Crippen LogP contribution in [0, 0.1) is 0 Å². The number of nitrogens with zero attached hydrogens (tertiary/aromatic N) is 1. The highest BCUT2D eigenvalue weighted by Crippen LogP contribution is 2.38. The molecular formula is C46H82NO7P. The molecule has 2 atom stereocenters. The van der Waals surface area contributed by atoms with E-state index in [0.717, 1.165) is 64.2 Å². The van der Waals surface area contributed by atoms with Crippen molar-refractivity contribution in [2.24, 2.45) is 0 Å². The van der Waals surface area contributed by atoms with Gasteiger partial charge in [-0.2, -0.15) is 0 Å². The number of esters is 1. The van der Waals surface area contributed by atoms with E-state index < -0.39 is 13.9 Å². The lowest BCUT2D eigenvalue weighted by molar-refractivity contribution is -0.870. The quantitative estimate of drug-likeness (QED) is 0.0201. The zero-order valence-electron chi connectivity index (χ0n) is 35.8. The van der Waals surface area contributed by atoms with Crippen molar-refractivity contribution in [3.05, 3.63) is 72.9 Å². The molecule has 0 fully saturated rings. The van der Waals surface area contributed by atoms with Crippen LogP contribution in [0.5, 0.6) is 0 Å². The van der Waals surface area contributed by atoms with Gasteiger partial charge in [0, 0.05) is 13.0 Å². The van der Waals surface area contributed by atoms with Crippen LogP contribution in [0.3, 0.4) is 0 Å². The van der Waals surface area contributed by atoms with Crippen molar-refractivity contribution in [2.75, 3.05) is 54.1 Å². The minimum Gasteiger partial charge on any atom is -0.756 e. The van der Waals surface area contributed by atoms with Crippen LogP contribution in [-0.4, -0.2) is 70.7 Å². The fourth-order valence-corrected chi connectivity index (χ4v) is 6.13. The highest BCUT2D eigenvalue weighted by Gasteiger charge is 2.20. The van der Waals surface area contributed by atoms with Gasteiger partial charge in [-0.15, -0.1) is 0 Å². The average molecular weight is 792 g/mol. The summed E-state index contributed by atoms with van der Waals surface area (Å²) in [4.78, 5) is 25.0. The third-order valence-electron chi connectivity index (χ3n) is 8.74. The molecule has 0 amide bonds. The Bertz CT molecular complexity index is 1110. The lowest BCUT2D eigenvalue weighted by Crippen LogP contribution is -2.37. The van der Waals surface area contributed by atoms with Crippen molar-refractivity contribution in [3.8, 4) is 0 Å². The smallest absolute Gasteiger partial charge is 0.306 e. The van der Waals surface area contributed by atoms with Gasteiger partial charge in [-0.05, 0) is 77.0 Å². The van der Waals surface area contributed by atoms with E-state index in [1.807, 2.05) is 21.1 Å². The molecule has 0 aliphatic carbocycles. The standard InChI is InChI=1S/C46H82NO7P/c1-6-8-10-12-14-16-18-20-22-23-24-25-26-27-29-31-33-35-37-39-46(48)54-45(44-53-55(49,50)52-42-40-47(3,4)5)43-51-41-38-36-34-32-30-28-21-19-17-15-13-11-9-7-2/h9,11,14-17,20-22,28,32,34,45H,6-8,10,12-13,18-19,23-27,29-31,33,35-44H2,1-5H3/b11-9-,16-14-,17-15-,22-20-,28-21-,34-32-. The molecule has 0 N–H and O–H groups in total. The third kappa shape index (κ3) is 42.9. The molecule has 0 radical (unpaired) electrons. The Labute approximate surface area is 338 Å². The van der Waals surface area contributed by atoms with Gasteiger partial charge in [0.1, 0.15) is 19.3 Å². The van der Waals surface area contributed by atoms with Crippen LogP contribution in [-0.2, 0) is 27.9 Å². The molecule has 0 spiro atoms. The van der Waals surface area contributed by atoms with E-state index in [2.05, 4.69) is 86.8 Å². The van der Waals surface area contributed by atoms with Crippen molar-refractivity contribution in [3.63, 3.8) is 0 Å². The van der Waals surface area contributed by atoms with E-state index >= 15 is 0 Å². The minimum atomic E-state index is -4.54. The van der Waals surface area contributed by atoms with Gasteiger partial charge in [0.2, 0.25) is 0 Å². The molecule has 0 aromatic carbocycles. The van der Waals surface area contributed by atoms with Crippen LogP contribution in [0.4, 0.5) is 0 Å². The largest absolute Gasteiger partial charge is 0.756 e. The fraction of sp³-hybridized carbons (Fsp3) is 0.717. The molecule has 318 valence electrons. The summed E-state index contributed by atoms with van der Waals surface area (Å²) < 4.78 is 34.5. The second kappa shape index (κ2) is 38.8. The second-order valence-electron chi connectivity index (χ2n) is 15.3. The maximum atomic E-state index is 12.7. The Balaban J connectivity index is 4.32. The number of carbonyl (C=O) groups excluding carboxylic acids is 1. The van der Waals surface area contributed by atoms with Gasteiger partial charge in [-0.3, -0.25) is 9.36 Å². The average Bonchev–Trinajstić information content (AvgIpc) is 3.13. The monoisotopic (exact) mass is 792 g/mol. The van der Waals surface area contributed by atoms with E-state index in [0.29, 0.717) is 24.1 Å². The summed E-state index contributed by atoms with van der Waals surface area (Å²) in [5, 5.41) is 0. The van der Waals surface area contributed by atoms with Crippen molar-refractivity contribution in [1.29, 1.82) is 0 Å². The minimum absolute atomic E-state index is 0.0116. The molecule has 0 aromatic heterocycles. The van der Waals surface area contributed by atoms with Gasteiger partial charge < -0.3 is 27.9 Å². The molecule has 0 saturated carbocycles. The van der Waals surface area contributed by atoms with Gasteiger partial charge in [0.05, 0.1) is 34.4 Å². The normalized spacial score (nSPS) is 14.5. The number of quaternary nitrogens is 1. The number of hydrogen-bond donors (Lipinski definition) is 0. The molecule has 0 saturated heterocycles. The molecule has 0 aliphatic rings. The Morgan fingerprint density at radius 2 is 1.05 bits per heavy atom. The number of phosphoric ester groups is 1. The number of likely N-dealkylation sites (N-methyl/N-ethyl adjacent to an activating group) is 1. The first-order chi connectivity index (χ1) is 26.6. The molecule has 0 bridgehead atoms. The highest BCUT2D eigenvalue weighted by molar-refractivity contribution is 7.45. The predicted octanol–water partition coefficient (Wildman–Crippen LogP) is 12.1. The van der Waals surface area contributed by atoms with Crippen LogP contribution in [0.15, 0.2) is 72.9 Å². The van der Waals surface area contributed by atoms with Crippen LogP contribution in [0.2, 0.25) is 0 Å². The van der Waals surface area contributed by atoms with Crippen molar-refractivity contribution >= 4 is 13.8 Å². The lowest BCUT2D eigenvalue weighted by atomic mass is 10.1. The van der Waals surface area contributed by atoms with E-state index in [1.54, 1.807) is 0 Å². The zero-order valence-corrected chi connectivity index (χ0v) is 36.7. The van der Waals surface area contributed by atoms with E-state index in [9.17, 15) is 14.3 Å². The number of carbonyl (C=O) groups is 1. The topological polar surface area (TPSA) is 94.1 Å². The lowest BCUT2D eigenvalue weighted by Gasteiger charge is -2.28. The Kier molecular flexibility index (Phi) is 37.3. The molecule has 0 aromatic rings. The van der Waals surface area contributed by atoms with E-state index in [4.69, 9.17) is 18.5 Å². The fourth-order valence-electron chi connectivity index (χ4n) is 5.40. The van der Waals surface area contributed by atoms with Crippen LogP contribution >= 0.6 is 7.82 Å². The number of allylic oxidation sites excluding steroid dienone is 12. The summed E-state index contributed by atoms with van der Waals surface area (Å²) in [5.41, 5.74) is 0. The number of rotatable bonds is 39. The second-order valence-corrected chi connectivity index (χ2v) is 16.7. The number of phosphoric acid groups is 1. The first-order valence-corrected chi connectivity index (χ1v) is 23.1. The Morgan fingerprint density at radius 1 is 0.582 bits per heavy atom. The maximum absolute atomic E-state index is 12.7. The van der Waals surface area contributed by atoms with Gasteiger partial charge in [0.15, 0.2) is 0 Å². The number of unbranched alkanes of at least 4 members (excludes halogenated alkanes) is 13. The summed E-state index contributed by atoms with van der Waals surface area (Å²) in [6.07, 6.45) is 49.3. The maximum Gasteiger partial charge on any atom is 0.306 e. The summed E-state index contributed by atoms with van der Waals surface area (Å²) in [6.45, 7) is 5.09. The predicted molar refractivity (Wildman–Crippen MR) is 231 cm³/mol. The van der Waals surface area contributed by atoms with Crippen molar-refractivity contribution < 1.29 is 37.3 Å². The number of ether oxygens (including phenoxy) is 2. The van der Waals surface area contributed by atoms with Crippen molar-refractivity contribution in [1.82, 2.24) is 0 Å². The molecule has 9 heteroatoms. The van der Waals surface area contributed by atoms with Gasteiger partial charge in [-0.1, -0.05) is 145 Å². The van der Waals surface area contributed by atoms with Crippen LogP contribution in [0.1, 0.15) is 155 Å². The molecule has 0 heterocycles. The third-order valence-corrected chi connectivity index (χ3v) is 9.71. The molecular weight excluding hydrogens is 709 g/mol. The molecule has 0 aliphatic heterocycles. The number of hydrogen-bond acceptors (Lipinski definition) is 7. The van der Waals surface area contributed by atoms with E-state index in [-0.39, 0.29) is 25.8 Å². The molecule has 55 heavy (non-hydrogen) atoms. The van der Waals surface area contributed by atoms with Gasteiger partial charge >= 0.3 is 5.97 Å². The SMILES string of the molecule is CC/C=C\C/C=C\C/C=C\C/C=C\CCCOCC(COP(=O)([O-])OCC[N+](C)(C)C)OC(=O)CCCCCCCCCCC/C=C\C/C=C\CCCCC. The van der Waals surface area contributed by atoms with Crippen LogP contribution < -0.4 is 4.89 Å². The van der Waals surface area contributed by atoms with E-state index in [1.165, 1.54) is 70.6 Å². The van der Waals surface area contributed by atoms with Crippen LogP contribution in [0.25, 0.3) is 0 Å². The highest BCUT2D eigenvalue weighted by atomic mass is 31.2. The first-order valence-electron chi connectivity index (χ1n) is 21.7. The van der Waals surface area contributed by atoms with Gasteiger partial charge in [-0.25, -0.2) is 0 Å². The van der Waals surface area contributed by atoms with Gasteiger partial charge in [0.25, 0.3) is 7.82 Å². The first kappa shape index (κ1) is 52.9. The summed E-state index contributed by atoms with van der Waals surface area (Å²) >= 11 is 0. The summed E-state index contributed by atoms with van der Waals surface area (Å²) in [5.74, 6) is -0.360. The summed E-state index contributed by atoms with van der Waals surface area (Å²) in [7, 11) is 1.31. The Morgan fingerprint density at radius 3 is 1.58 bits per heavy atom. The molecule has 8 nitrogen and oxygen atoms in total. The molecule has 0 rings (SSSR count). The molecule has 2 unspecified atom stereocenters. The Hall–Kier alpha value is -2.06. The zero-order chi connectivity index (χ0) is 40.6. The summed E-state index contributed by atoms with van der Waals surface area (Å²) in [6, 6.07) is 0.